The summed E-state index contributed by atoms with van der Waals surface area (Å²) in [6, 6.07) is 5.35. The van der Waals surface area contributed by atoms with E-state index in [2.05, 4.69) is 22.5 Å². The van der Waals surface area contributed by atoms with Gasteiger partial charge in [-0.25, -0.2) is 0 Å². The number of nitrogens with zero attached hydrogens (tertiary/aromatic N) is 2. The Bertz CT molecular complexity index is 646. The fourth-order valence-corrected chi connectivity index (χ4v) is 3.30. The molecule has 1 aromatic rings. The Hall–Kier alpha value is -1.71. The molecule has 0 saturated carbocycles. The highest BCUT2D eigenvalue weighted by Crippen LogP contribution is 2.24. The molecule has 1 saturated heterocycles. The number of phenolic OH excluding ortho intramolecular Hbond substituents is 1. The van der Waals surface area contributed by atoms with Crippen molar-refractivity contribution in [2.75, 3.05) is 40.3 Å². The van der Waals surface area contributed by atoms with Gasteiger partial charge in [-0.15, -0.1) is 24.0 Å². The van der Waals surface area contributed by atoms with Crippen molar-refractivity contribution in [3.63, 3.8) is 0 Å². The van der Waals surface area contributed by atoms with Crippen LogP contribution in [0.15, 0.2) is 23.2 Å². The summed E-state index contributed by atoms with van der Waals surface area (Å²) in [5.41, 5.74) is 0.861. The van der Waals surface area contributed by atoms with Gasteiger partial charge >= 0.3 is 0 Å². The fraction of sp³-hybridized carbons (Fsp3) is 0.600. The van der Waals surface area contributed by atoms with E-state index < -0.39 is 0 Å². The molecular formula is C20H33IN4O3. The van der Waals surface area contributed by atoms with E-state index in [0.717, 1.165) is 44.0 Å². The van der Waals surface area contributed by atoms with Crippen molar-refractivity contribution in [1.82, 2.24) is 15.5 Å². The molecule has 0 aromatic heterocycles. The second-order valence-electron chi connectivity index (χ2n) is 6.79. The van der Waals surface area contributed by atoms with Crippen LogP contribution in [0.1, 0.15) is 31.7 Å². The van der Waals surface area contributed by atoms with Crippen molar-refractivity contribution in [3.05, 3.63) is 23.8 Å². The zero-order valence-electron chi connectivity index (χ0n) is 17.0. The van der Waals surface area contributed by atoms with E-state index in [1.807, 2.05) is 12.1 Å². The number of likely N-dealkylation sites (tertiary alicyclic amines) is 1. The number of aliphatic imine (C=N–C) groups is 1. The van der Waals surface area contributed by atoms with Gasteiger partial charge in [0.25, 0.3) is 0 Å². The maximum Gasteiger partial charge on any atom is 0.220 e. The van der Waals surface area contributed by atoms with E-state index in [9.17, 15) is 9.90 Å². The third-order valence-corrected chi connectivity index (χ3v) is 4.94. The quantitative estimate of drug-likeness (QED) is 0.302. The molecule has 1 aliphatic heterocycles. The summed E-state index contributed by atoms with van der Waals surface area (Å²) in [6.07, 6.45) is 3.26. The minimum absolute atomic E-state index is 0. The molecule has 0 spiro atoms. The van der Waals surface area contributed by atoms with Crippen molar-refractivity contribution in [2.45, 2.75) is 32.6 Å². The van der Waals surface area contributed by atoms with E-state index in [1.54, 1.807) is 20.2 Å². The highest BCUT2D eigenvalue weighted by Gasteiger charge is 2.23. The summed E-state index contributed by atoms with van der Waals surface area (Å²) in [5, 5.41) is 16.1. The molecule has 1 fully saturated rings. The number of hydrogen-bond donors (Lipinski definition) is 3. The molecule has 1 heterocycles. The molecule has 28 heavy (non-hydrogen) atoms. The summed E-state index contributed by atoms with van der Waals surface area (Å²) in [7, 11) is 3.27. The molecule has 1 aromatic carbocycles. The van der Waals surface area contributed by atoms with Gasteiger partial charge in [-0.2, -0.15) is 0 Å². The van der Waals surface area contributed by atoms with Crippen LogP contribution in [-0.4, -0.2) is 62.2 Å². The minimum atomic E-state index is 0. The predicted molar refractivity (Wildman–Crippen MR) is 123 cm³/mol. The Morgan fingerprint density at radius 1 is 1.36 bits per heavy atom. The lowest BCUT2D eigenvalue weighted by atomic mass is 9.93. The SMILES string of the molecule is CCNC(=NCCc1ccc(OC)cc1O)N1CCC(CC(=O)NC)CC1.I. The van der Waals surface area contributed by atoms with Gasteiger partial charge in [0.2, 0.25) is 5.91 Å². The number of methoxy groups -OCH3 is 1. The number of hydrogen-bond acceptors (Lipinski definition) is 4. The number of carbonyl (C=O) groups is 1. The molecule has 0 aliphatic carbocycles. The van der Waals surface area contributed by atoms with Gasteiger partial charge in [-0.1, -0.05) is 6.07 Å². The zero-order chi connectivity index (χ0) is 19.6. The maximum absolute atomic E-state index is 11.6. The minimum Gasteiger partial charge on any atom is -0.508 e. The van der Waals surface area contributed by atoms with Crippen LogP contribution < -0.4 is 15.4 Å². The number of amides is 1. The number of piperidine rings is 1. The van der Waals surface area contributed by atoms with Gasteiger partial charge < -0.3 is 25.4 Å². The highest BCUT2D eigenvalue weighted by atomic mass is 127. The zero-order valence-corrected chi connectivity index (χ0v) is 19.4. The average Bonchev–Trinajstić information content (AvgIpc) is 2.69. The first-order chi connectivity index (χ1) is 13.1. The first kappa shape index (κ1) is 24.3. The predicted octanol–water partition coefficient (Wildman–Crippen LogP) is 2.37. The van der Waals surface area contributed by atoms with Gasteiger partial charge in [0.05, 0.1) is 7.11 Å². The fourth-order valence-electron chi connectivity index (χ4n) is 3.30. The molecular weight excluding hydrogens is 471 g/mol. The van der Waals surface area contributed by atoms with Crippen molar-refractivity contribution < 1.29 is 14.6 Å². The van der Waals surface area contributed by atoms with Crippen LogP contribution in [0, 0.1) is 5.92 Å². The smallest absolute Gasteiger partial charge is 0.220 e. The van der Waals surface area contributed by atoms with Gasteiger partial charge in [0, 0.05) is 45.7 Å². The molecule has 2 rings (SSSR count). The Morgan fingerprint density at radius 3 is 2.64 bits per heavy atom. The second kappa shape index (κ2) is 12.7. The van der Waals surface area contributed by atoms with Gasteiger partial charge in [-0.05, 0) is 43.7 Å². The molecule has 0 atom stereocenters. The third kappa shape index (κ3) is 7.37. The van der Waals surface area contributed by atoms with E-state index >= 15 is 0 Å². The van der Waals surface area contributed by atoms with Crippen LogP contribution in [0.25, 0.3) is 0 Å². The van der Waals surface area contributed by atoms with Crippen LogP contribution in [0.4, 0.5) is 0 Å². The van der Waals surface area contributed by atoms with Crippen LogP contribution in [-0.2, 0) is 11.2 Å². The lowest BCUT2D eigenvalue weighted by Gasteiger charge is -2.34. The molecule has 1 aliphatic rings. The number of aromatic hydroxyl groups is 1. The number of benzene rings is 1. The molecule has 0 radical (unpaired) electrons. The maximum atomic E-state index is 11.6. The number of halogens is 1. The Morgan fingerprint density at radius 2 is 2.07 bits per heavy atom. The molecule has 7 nitrogen and oxygen atoms in total. The van der Waals surface area contributed by atoms with Crippen molar-refractivity contribution in [3.8, 4) is 11.5 Å². The molecule has 3 N–H and O–H groups in total. The van der Waals surface area contributed by atoms with E-state index in [-0.39, 0.29) is 35.6 Å². The van der Waals surface area contributed by atoms with Crippen LogP contribution in [0.5, 0.6) is 11.5 Å². The number of guanidine groups is 1. The first-order valence-corrected chi connectivity index (χ1v) is 9.67. The number of rotatable bonds is 7. The summed E-state index contributed by atoms with van der Waals surface area (Å²) >= 11 is 0. The number of nitrogens with one attached hydrogen (secondary N) is 2. The number of phenols is 1. The van der Waals surface area contributed by atoms with Gasteiger partial charge in [0.1, 0.15) is 11.5 Å². The topological polar surface area (TPSA) is 86.2 Å². The second-order valence-corrected chi connectivity index (χ2v) is 6.79. The van der Waals surface area contributed by atoms with Crippen molar-refractivity contribution in [1.29, 1.82) is 0 Å². The van der Waals surface area contributed by atoms with E-state index in [1.165, 1.54) is 0 Å². The molecule has 1 amide bonds. The Labute approximate surface area is 185 Å². The monoisotopic (exact) mass is 504 g/mol. The van der Waals surface area contributed by atoms with Gasteiger partial charge in [0.15, 0.2) is 5.96 Å². The normalized spacial score (nSPS) is 15.0. The average molecular weight is 504 g/mol. The van der Waals surface area contributed by atoms with Crippen LogP contribution in [0.3, 0.4) is 0 Å². The molecule has 8 heteroatoms. The van der Waals surface area contributed by atoms with E-state index in [4.69, 9.17) is 9.73 Å². The Kier molecular flexibility index (Phi) is 11.0. The van der Waals surface area contributed by atoms with Crippen LogP contribution >= 0.6 is 24.0 Å². The third-order valence-electron chi connectivity index (χ3n) is 4.94. The summed E-state index contributed by atoms with van der Waals surface area (Å²) < 4.78 is 5.11. The largest absolute Gasteiger partial charge is 0.508 e. The van der Waals surface area contributed by atoms with Crippen LogP contribution in [0.2, 0.25) is 0 Å². The lowest BCUT2D eigenvalue weighted by Crippen LogP contribution is -2.46. The van der Waals surface area contributed by atoms with Crippen molar-refractivity contribution >= 4 is 35.8 Å². The Balaban J connectivity index is 0.00000392. The summed E-state index contributed by atoms with van der Waals surface area (Å²) in [5.74, 6) is 2.36. The van der Waals surface area contributed by atoms with Gasteiger partial charge in [-0.3, -0.25) is 9.79 Å². The highest BCUT2D eigenvalue weighted by molar-refractivity contribution is 14.0. The standard InChI is InChI=1S/C20H32N4O3.HI/c1-4-22-20(24-11-8-15(9-12-24)13-19(26)21-2)23-10-7-16-5-6-17(27-3)14-18(16)25;/h5-6,14-15,25H,4,7-13H2,1-3H3,(H,21,26)(H,22,23);1H. The number of carbonyl (C=O) groups excluding carboxylic acids is 1. The molecule has 0 bridgehead atoms. The van der Waals surface area contributed by atoms with E-state index in [0.29, 0.717) is 31.1 Å². The number of ether oxygens (including phenoxy) is 1. The molecule has 0 unspecified atom stereocenters. The molecule has 158 valence electrons. The van der Waals surface area contributed by atoms with Crippen molar-refractivity contribution in [2.24, 2.45) is 10.9 Å². The lowest BCUT2D eigenvalue weighted by molar-refractivity contribution is -0.121. The summed E-state index contributed by atoms with van der Waals surface area (Å²) in [4.78, 5) is 18.5. The summed E-state index contributed by atoms with van der Waals surface area (Å²) in [6.45, 7) is 5.27. The first-order valence-electron chi connectivity index (χ1n) is 9.67.